The van der Waals surface area contributed by atoms with Crippen molar-refractivity contribution in [1.29, 1.82) is 0 Å². The standard InChI is InChI=1S/C12H18O2/c1-7(2)11(13)12(14)10-6-8-3-4-9(10)5-8/h3-4,7-11,13H,5-6H2,1-2H3/t8-,9+,10-,11-/m0/s1. The molecule has 0 heterocycles. The summed E-state index contributed by atoms with van der Waals surface area (Å²) < 4.78 is 0. The first-order chi connectivity index (χ1) is 6.59. The average molecular weight is 194 g/mol. The van der Waals surface area contributed by atoms with Crippen LogP contribution in [0.25, 0.3) is 0 Å². The summed E-state index contributed by atoms with van der Waals surface area (Å²) in [5, 5.41) is 9.71. The molecule has 1 saturated carbocycles. The van der Waals surface area contributed by atoms with Gasteiger partial charge in [0.25, 0.3) is 0 Å². The molecule has 0 unspecified atom stereocenters. The third-order valence-electron chi connectivity index (χ3n) is 3.57. The smallest absolute Gasteiger partial charge is 0.165 e. The van der Waals surface area contributed by atoms with Crippen LogP contribution in [0.15, 0.2) is 12.2 Å². The first kappa shape index (κ1) is 9.91. The van der Waals surface area contributed by atoms with E-state index in [-0.39, 0.29) is 17.6 Å². The number of Topliss-reactive ketones (excluding diaryl/α,β-unsaturated/α-hetero) is 1. The van der Waals surface area contributed by atoms with Gasteiger partial charge in [0.2, 0.25) is 0 Å². The number of ketones is 1. The summed E-state index contributed by atoms with van der Waals surface area (Å²) in [5.41, 5.74) is 0. The second-order valence-electron chi connectivity index (χ2n) is 4.98. The highest BCUT2D eigenvalue weighted by Crippen LogP contribution is 2.44. The maximum atomic E-state index is 11.9. The first-order valence-corrected chi connectivity index (χ1v) is 5.49. The van der Waals surface area contributed by atoms with Gasteiger partial charge in [-0.2, -0.15) is 0 Å². The molecule has 2 rings (SSSR count). The molecule has 0 aromatic rings. The number of allylic oxidation sites excluding steroid dienone is 2. The number of carbonyl (C=O) groups excluding carboxylic acids is 1. The Morgan fingerprint density at radius 1 is 1.36 bits per heavy atom. The third kappa shape index (κ3) is 1.52. The van der Waals surface area contributed by atoms with Crippen LogP contribution in [0.5, 0.6) is 0 Å². The van der Waals surface area contributed by atoms with Gasteiger partial charge in [0.1, 0.15) is 6.10 Å². The van der Waals surface area contributed by atoms with E-state index in [1.165, 1.54) is 0 Å². The van der Waals surface area contributed by atoms with Crippen molar-refractivity contribution in [3.05, 3.63) is 12.2 Å². The molecule has 0 spiro atoms. The monoisotopic (exact) mass is 194 g/mol. The van der Waals surface area contributed by atoms with Crippen molar-refractivity contribution in [1.82, 2.24) is 0 Å². The molecular formula is C12H18O2. The zero-order valence-electron chi connectivity index (χ0n) is 8.81. The molecule has 4 atom stereocenters. The minimum atomic E-state index is -0.757. The molecule has 2 aliphatic rings. The Bertz CT molecular complexity index is 267. The maximum absolute atomic E-state index is 11.9. The van der Waals surface area contributed by atoms with Gasteiger partial charge in [-0.1, -0.05) is 26.0 Å². The lowest BCUT2D eigenvalue weighted by Gasteiger charge is -2.22. The minimum absolute atomic E-state index is 0.0469. The van der Waals surface area contributed by atoms with E-state index in [4.69, 9.17) is 0 Å². The van der Waals surface area contributed by atoms with E-state index < -0.39 is 6.10 Å². The molecule has 0 aromatic heterocycles. The quantitative estimate of drug-likeness (QED) is 0.695. The summed E-state index contributed by atoms with van der Waals surface area (Å²) in [6.45, 7) is 3.79. The Kier molecular flexibility index (Phi) is 2.48. The van der Waals surface area contributed by atoms with E-state index in [0.29, 0.717) is 11.8 Å². The van der Waals surface area contributed by atoms with E-state index in [1.54, 1.807) is 0 Å². The van der Waals surface area contributed by atoms with E-state index in [0.717, 1.165) is 12.8 Å². The van der Waals surface area contributed by atoms with Gasteiger partial charge in [-0.05, 0) is 30.6 Å². The Morgan fingerprint density at radius 3 is 2.50 bits per heavy atom. The molecule has 0 aromatic carbocycles. The Labute approximate surface area is 85.0 Å². The fourth-order valence-electron chi connectivity index (χ4n) is 2.66. The van der Waals surface area contributed by atoms with Gasteiger partial charge in [-0.25, -0.2) is 0 Å². The van der Waals surface area contributed by atoms with Gasteiger partial charge in [-0.3, -0.25) is 4.79 Å². The molecular weight excluding hydrogens is 176 g/mol. The SMILES string of the molecule is CC(C)[C@H](O)C(=O)[C@H]1C[C@H]2C=C[C@@H]1C2. The maximum Gasteiger partial charge on any atom is 0.165 e. The Balaban J connectivity index is 2.03. The number of aliphatic hydroxyl groups is 1. The van der Waals surface area contributed by atoms with Crippen LogP contribution in [-0.2, 0) is 4.79 Å². The zero-order valence-corrected chi connectivity index (χ0v) is 8.81. The first-order valence-electron chi connectivity index (χ1n) is 5.49. The molecule has 2 heteroatoms. The number of carbonyl (C=O) groups is 1. The van der Waals surface area contributed by atoms with E-state index in [9.17, 15) is 9.90 Å². The molecule has 1 fully saturated rings. The average Bonchev–Trinajstić information content (AvgIpc) is 2.76. The Hall–Kier alpha value is -0.630. The number of aliphatic hydroxyl groups excluding tert-OH is 1. The number of rotatable bonds is 3. The predicted molar refractivity (Wildman–Crippen MR) is 54.7 cm³/mol. The molecule has 0 amide bonds. The van der Waals surface area contributed by atoms with Crippen molar-refractivity contribution in [3.63, 3.8) is 0 Å². The zero-order chi connectivity index (χ0) is 10.3. The lowest BCUT2D eigenvalue weighted by Crippen LogP contribution is -2.34. The Morgan fingerprint density at radius 2 is 2.07 bits per heavy atom. The van der Waals surface area contributed by atoms with Gasteiger partial charge in [0, 0.05) is 5.92 Å². The summed E-state index contributed by atoms with van der Waals surface area (Å²) in [7, 11) is 0. The van der Waals surface area contributed by atoms with Crippen LogP contribution in [-0.4, -0.2) is 17.0 Å². The van der Waals surface area contributed by atoms with E-state index >= 15 is 0 Å². The van der Waals surface area contributed by atoms with E-state index in [1.807, 2.05) is 13.8 Å². The van der Waals surface area contributed by atoms with Crippen molar-refractivity contribution in [2.75, 3.05) is 0 Å². The van der Waals surface area contributed by atoms with Crippen molar-refractivity contribution < 1.29 is 9.90 Å². The molecule has 2 aliphatic carbocycles. The van der Waals surface area contributed by atoms with Crippen LogP contribution >= 0.6 is 0 Å². The third-order valence-corrected chi connectivity index (χ3v) is 3.57. The van der Waals surface area contributed by atoms with Crippen molar-refractivity contribution in [2.24, 2.45) is 23.7 Å². The lowest BCUT2D eigenvalue weighted by molar-refractivity contribution is -0.134. The van der Waals surface area contributed by atoms with Crippen molar-refractivity contribution in [3.8, 4) is 0 Å². The normalized spacial score (nSPS) is 36.7. The fraction of sp³-hybridized carbons (Fsp3) is 0.750. The molecule has 78 valence electrons. The molecule has 0 aliphatic heterocycles. The molecule has 1 N–H and O–H groups in total. The lowest BCUT2D eigenvalue weighted by atomic mass is 9.84. The largest absolute Gasteiger partial charge is 0.385 e. The summed E-state index contributed by atoms with van der Waals surface area (Å²) in [5.74, 6) is 1.24. The number of hydrogen-bond acceptors (Lipinski definition) is 2. The fourth-order valence-corrected chi connectivity index (χ4v) is 2.66. The van der Waals surface area contributed by atoms with Crippen LogP contribution in [0.3, 0.4) is 0 Å². The predicted octanol–water partition coefficient (Wildman–Crippen LogP) is 1.78. The van der Waals surface area contributed by atoms with Crippen LogP contribution in [0.2, 0.25) is 0 Å². The second-order valence-corrected chi connectivity index (χ2v) is 4.98. The van der Waals surface area contributed by atoms with Crippen LogP contribution < -0.4 is 0 Å². The van der Waals surface area contributed by atoms with Gasteiger partial charge in [0.15, 0.2) is 5.78 Å². The number of hydrogen-bond donors (Lipinski definition) is 1. The molecule has 2 bridgehead atoms. The highest BCUT2D eigenvalue weighted by Gasteiger charge is 2.41. The molecule has 0 radical (unpaired) electrons. The van der Waals surface area contributed by atoms with E-state index in [2.05, 4.69) is 12.2 Å². The molecule has 0 saturated heterocycles. The highest BCUT2D eigenvalue weighted by molar-refractivity contribution is 5.86. The van der Waals surface area contributed by atoms with Crippen molar-refractivity contribution >= 4 is 5.78 Å². The van der Waals surface area contributed by atoms with Crippen molar-refractivity contribution in [2.45, 2.75) is 32.8 Å². The summed E-state index contributed by atoms with van der Waals surface area (Å²) in [6.07, 6.45) is 5.71. The summed E-state index contributed by atoms with van der Waals surface area (Å²) >= 11 is 0. The molecule has 14 heavy (non-hydrogen) atoms. The minimum Gasteiger partial charge on any atom is -0.385 e. The van der Waals surface area contributed by atoms with Gasteiger partial charge in [0.05, 0.1) is 0 Å². The van der Waals surface area contributed by atoms with Crippen LogP contribution in [0.4, 0.5) is 0 Å². The van der Waals surface area contributed by atoms with Crippen LogP contribution in [0.1, 0.15) is 26.7 Å². The van der Waals surface area contributed by atoms with Gasteiger partial charge < -0.3 is 5.11 Å². The summed E-state index contributed by atoms with van der Waals surface area (Å²) in [6, 6.07) is 0. The number of fused-ring (bicyclic) bond motifs is 2. The summed E-state index contributed by atoms with van der Waals surface area (Å²) in [4.78, 5) is 11.9. The van der Waals surface area contributed by atoms with Gasteiger partial charge in [-0.15, -0.1) is 0 Å². The highest BCUT2D eigenvalue weighted by atomic mass is 16.3. The second kappa shape index (κ2) is 3.50. The topological polar surface area (TPSA) is 37.3 Å². The van der Waals surface area contributed by atoms with Crippen LogP contribution in [0, 0.1) is 23.7 Å². The van der Waals surface area contributed by atoms with Gasteiger partial charge >= 0.3 is 0 Å². The molecule has 2 nitrogen and oxygen atoms in total.